The highest BCUT2D eigenvalue weighted by Crippen LogP contribution is 2.28. The lowest BCUT2D eigenvalue weighted by molar-refractivity contribution is -0.115. The van der Waals surface area contributed by atoms with Crippen molar-refractivity contribution >= 4 is 17.5 Å². The third-order valence-electron chi connectivity index (χ3n) is 3.11. The molecular formula is C15H15N3O5. The number of carbonyl (C=O) groups excluding carboxylic acids is 2. The first-order valence-electron chi connectivity index (χ1n) is 6.66. The van der Waals surface area contributed by atoms with Crippen LogP contribution in [-0.2, 0) is 17.8 Å². The van der Waals surface area contributed by atoms with Crippen molar-refractivity contribution in [2.75, 3.05) is 5.32 Å². The SMILES string of the molecule is O=C(Cc1ccccc1)Nc1cnc(C(=O)NO)c(O)c1CO. The number of rotatable bonds is 5. The number of amides is 2. The summed E-state index contributed by atoms with van der Waals surface area (Å²) in [6.45, 7) is -0.624. The number of pyridine rings is 1. The second kappa shape index (κ2) is 7.34. The lowest BCUT2D eigenvalue weighted by Crippen LogP contribution is -2.21. The molecule has 0 radical (unpaired) electrons. The van der Waals surface area contributed by atoms with Gasteiger partial charge < -0.3 is 15.5 Å². The zero-order valence-electron chi connectivity index (χ0n) is 12.0. The van der Waals surface area contributed by atoms with Crippen LogP contribution in [0.2, 0.25) is 0 Å². The van der Waals surface area contributed by atoms with E-state index in [1.807, 2.05) is 6.07 Å². The smallest absolute Gasteiger partial charge is 0.297 e. The number of carbonyl (C=O) groups is 2. The first kappa shape index (κ1) is 16.4. The summed E-state index contributed by atoms with van der Waals surface area (Å²) >= 11 is 0. The topological polar surface area (TPSA) is 132 Å². The molecule has 2 amide bonds. The Hall–Kier alpha value is -2.97. The van der Waals surface area contributed by atoms with Gasteiger partial charge in [-0.1, -0.05) is 30.3 Å². The lowest BCUT2D eigenvalue weighted by atomic mass is 10.1. The van der Waals surface area contributed by atoms with Gasteiger partial charge in [-0.05, 0) is 5.56 Å². The van der Waals surface area contributed by atoms with Crippen LogP contribution in [0.1, 0.15) is 21.6 Å². The van der Waals surface area contributed by atoms with Crippen LogP contribution in [0.15, 0.2) is 36.5 Å². The van der Waals surface area contributed by atoms with Crippen molar-refractivity contribution in [1.82, 2.24) is 10.5 Å². The van der Waals surface area contributed by atoms with Crippen LogP contribution in [0.4, 0.5) is 5.69 Å². The summed E-state index contributed by atoms with van der Waals surface area (Å²) in [5, 5.41) is 30.4. The van der Waals surface area contributed by atoms with E-state index in [0.29, 0.717) is 0 Å². The number of aromatic hydroxyl groups is 1. The van der Waals surface area contributed by atoms with Crippen molar-refractivity contribution in [3.63, 3.8) is 0 Å². The van der Waals surface area contributed by atoms with E-state index in [9.17, 15) is 19.8 Å². The van der Waals surface area contributed by atoms with Crippen LogP contribution < -0.4 is 10.8 Å². The number of hydrogen-bond donors (Lipinski definition) is 5. The predicted octanol–water partition coefficient (Wildman–Crippen LogP) is 0.580. The molecule has 0 saturated heterocycles. The van der Waals surface area contributed by atoms with Crippen LogP contribution in [0, 0.1) is 0 Å². The molecule has 0 spiro atoms. The van der Waals surface area contributed by atoms with E-state index in [4.69, 9.17) is 5.21 Å². The molecule has 1 aromatic heterocycles. The Balaban J connectivity index is 2.21. The van der Waals surface area contributed by atoms with Gasteiger partial charge in [0.15, 0.2) is 11.4 Å². The molecule has 0 aliphatic heterocycles. The molecule has 0 bridgehead atoms. The summed E-state index contributed by atoms with van der Waals surface area (Å²) in [5.41, 5.74) is 1.69. The summed E-state index contributed by atoms with van der Waals surface area (Å²) in [5.74, 6) is -2.01. The first-order valence-corrected chi connectivity index (χ1v) is 6.66. The average Bonchev–Trinajstić information content (AvgIpc) is 2.55. The minimum atomic E-state index is -1.03. The van der Waals surface area contributed by atoms with E-state index in [0.717, 1.165) is 11.8 Å². The van der Waals surface area contributed by atoms with Gasteiger partial charge in [-0.2, -0.15) is 0 Å². The van der Waals surface area contributed by atoms with Gasteiger partial charge in [-0.15, -0.1) is 0 Å². The van der Waals surface area contributed by atoms with Crippen molar-refractivity contribution in [3.05, 3.63) is 53.3 Å². The standard InChI is InChI=1S/C15H15N3O5/c19-8-10-11(7-16-13(14(10)21)15(22)18-23)17-12(20)6-9-4-2-1-3-5-9/h1-5,7,19,21,23H,6,8H2,(H,17,20)(H,18,22). The maximum absolute atomic E-state index is 12.0. The molecular weight excluding hydrogens is 302 g/mol. The quantitative estimate of drug-likeness (QED) is 0.405. The van der Waals surface area contributed by atoms with Crippen molar-refractivity contribution < 1.29 is 25.0 Å². The number of benzene rings is 1. The number of aliphatic hydroxyl groups excluding tert-OH is 1. The van der Waals surface area contributed by atoms with E-state index < -0.39 is 24.0 Å². The van der Waals surface area contributed by atoms with Gasteiger partial charge in [0.2, 0.25) is 5.91 Å². The number of anilines is 1. The molecule has 1 heterocycles. The number of hydrogen-bond acceptors (Lipinski definition) is 6. The molecule has 0 unspecified atom stereocenters. The van der Waals surface area contributed by atoms with E-state index >= 15 is 0 Å². The van der Waals surface area contributed by atoms with Crippen LogP contribution in [0.25, 0.3) is 0 Å². The summed E-state index contributed by atoms with van der Waals surface area (Å²) in [4.78, 5) is 27.0. The van der Waals surface area contributed by atoms with Crippen LogP contribution in [-0.4, -0.2) is 32.2 Å². The zero-order chi connectivity index (χ0) is 16.8. The molecule has 0 aliphatic rings. The Morgan fingerprint density at radius 1 is 1.17 bits per heavy atom. The largest absolute Gasteiger partial charge is 0.505 e. The third kappa shape index (κ3) is 3.82. The first-order chi connectivity index (χ1) is 11.1. The minimum absolute atomic E-state index is 0.0694. The number of hydroxylamine groups is 1. The zero-order valence-corrected chi connectivity index (χ0v) is 12.0. The highest BCUT2D eigenvalue weighted by molar-refractivity contribution is 5.97. The molecule has 5 N–H and O–H groups in total. The Morgan fingerprint density at radius 2 is 1.87 bits per heavy atom. The molecule has 1 aromatic carbocycles. The summed E-state index contributed by atoms with van der Waals surface area (Å²) < 4.78 is 0. The van der Waals surface area contributed by atoms with Crippen LogP contribution >= 0.6 is 0 Å². The van der Waals surface area contributed by atoms with Crippen molar-refractivity contribution in [1.29, 1.82) is 0 Å². The van der Waals surface area contributed by atoms with Gasteiger partial charge in [0.05, 0.1) is 24.9 Å². The molecule has 8 heteroatoms. The molecule has 0 saturated carbocycles. The van der Waals surface area contributed by atoms with Crippen LogP contribution in [0.3, 0.4) is 0 Å². The van der Waals surface area contributed by atoms with Crippen LogP contribution in [0.5, 0.6) is 5.75 Å². The Kier molecular flexibility index (Phi) is 5.23. The lowest BCUT2D eigenvalue weighted by Gasteiger charge is -2.12. The normalized spacial score (nSPS) is 10.2. The highest BCUT2D eigenvalue weighted by atomic mass is 16.5. The number of nitrogens with zero attached hydrogens (tertiary/aromatic N) is 1. The monoisotopic (exact) mass is 317 g/mol. The molecule has 0 atom stereocenters. The molecule has 2 aromatic rings. The summed E-state index contributed by atoms with van der Waals surface area (Å²) in [6.07, 6.45) is 1.23. The maximum Gasteiger partial charge on any atom is 0.297 e. The number of aliphatic hydroxyl groups is 1. The maximum atomic E-state index is 12.0. The average molecular weight is 317 g/mol. The van der Waals surface area contributed by atoms with Crippen molar-refractivity contribution in [2.45, 2.75) is 13.0 Å². The molecule has 0 fully saturated rings. The van der Waals surface area contributed by atoms with Crippen molar-refractivity contribution in [2.24, 2.45) is 0 Å². The molecule has 2 rings (SSSR count). The van der Waals surface area contributed by atoms with Gasteiger partial charge in [0.1, 0.15) is 0 Å². The van der Waals surface area contributed by atoms with E-state index in [-0.39, 0.29) is 23.6 Å². The third-order valence-corrected chi connectivity index (χ3v) is 3.11. The second-order valence-corrected chi connectivity index (χ2v) is 4.66. The van der Waals surface area contributed by atoms with E-state index in [1.54, 1.807) is 24.3 Å². The fourth-order valence-electron chi connectivity index (χ4n) is 2.00. The number of aromatic nitrogens is 1. The highest BCUT2D eigenvalue weighted by Gasteiger charge is 2.19. The van der Waals surface area contributed by atoms with Crippen molar-refractivity contribution in [3.8, 4) is 5.75 Å². The van der Waals surface area contributed by atoms with Gasteiger partial charge in [-0.25, -0.2) is 10.5 Å². The Bertz CT molecular complexity index is 719. The Morgan fingerprint density at radius 3 is 2.48 bits per heavy atom. The van der Waals surface area contributed by atoms with E-state index in [1.165, 1.54) is 5.48 Å². The summed E-state index contributed by atoms with van der Waals surface area (Å²) in [6, 6.07) is 9.01. The fourth-order valence-corrected chi connectivity index (χ4v) is 2.00. The molecule has 23 heavy (non-hydrogen) atoms. The minimum Gasteiger partial charge on any atom is -0.505 e. The summed E-state index contributed by atoms with van der Waals surface area (Å²) in [7, 11) is 0. The van der Waals surface area contributed by atoms with E-state index in [2.05, 4.69) is 10.3 Å². The predicted molar refractivity (Wildman–Crippen MR) is 79.9 cm³/mol. The van der Waals surface area contributed by atoms with Gasteiger partial charge in [0.25, 0.3) is 5.91 Å². The number of nitrogens with one attached hydrogen (secondary N) is 2. The molecule has 8 nitrogen and oxygen atoms in total. The van der Waals surface area contributed by atoms with Gasteiger partial charge >= 0.3 is 0 Å². The fraction of sp³-hybridized carbons (Fsp3) is 0.133. The molecule has 0 aliphatic carbocycles. The van der Waals surface area contributed by atoms with Gasteiger partial charge in [0, 0.05) is 5.56 Å². The van der Waals surface area contributed by atoms with Gasteiger partial charge in [-0.3, -0.25) is 14.8 Å². The Labute approximate surface area is 131 Å². The molecule has 120 valence electrons. The second-order valence-electron chi connectivity index (χ2n) is 4.66.